The maximum absolute atomic E-state index is 13.1. The van der Waals surface area contributed by atoms with E-state index in [1.54, 1.807) is 0 Å². The van der Waals surface area contributed by atoms with Crippen LogP contribution < -0.4 is 4.72 Å². The van der Waals surface area contributed by atoms with E-state index in [9.17, 15) is 12.8 Å². The fourth-order valence-corrected chi connectivity index (χ4v) is 2.16. The fraction of sp³-hybridized carbons (Fsp3) is 0.125. The van der Waals surface area contributed by atoms with E-state index >= 15 is 0 Å². The van der Waals surface area contributed by atoms with E-state index in [-0.39, 0.29) is 11.6 Å². The van der Waals surface area contributed by atoms with E-state index in [4.69, 9.17) is 11.6 Å². The van der Waals surface area contributed by atoms with Gasteiger partial charge in [-0.15, -0.1) is 0 Å². The molecular weight excluding hydrogens is 229 g/mol. The van der Waals surface area contributed by atoms with Crippen LogP contribution in [0.4, 0.5) is 4.39 Å². The number of halogens is 2. The maximum Gasteiger partial charge on any atom is 0.243 e. The highest BCUT2D eigenvalue weighted by Crippen LogP contribution is 2.18. The topological polar surface area (TPSA) is 46.2 Å². The Balaban J connectivity index is 3.25. The van der Waals surface area contributed by atoms with Crippen LogP contribution in [0.5, 0.6) is 0 Å². The van der Waals surface area contributed by atoms with Crippen LogP contribution in [0.1, 0.15) is 0 Å². The molecule has 0 bridgehead atoms. The zero-order valence-electron chi connectivity index (χ0n) is 7.13. The maximum atomic E-state index is 13.1. The molecule has 3 nitrogen and oxygen atoms in total. The normalized spacial score (nSPS) is 11.6. The molecule has 0 saturated carbocycles. The second-order valence-corrected chi connectivity index (χ2v) is 4.64. The van der Waals surface area contributed by atoms with Crippen molar-refractivity contribution in [2.45, 2.75) is 4.90 Å². The molecule has 0 atom stereocenters. The number of rotatable bonds is 3. The van der Waals surface area contributed by atoms with Gasteiger partial charge in [-0.25, -0.2) is 17.5 Å². The predicted molar refractivity (Wildman–Crippen MR) is 52.0 cm³/mol. The zero-order valence-corrected chi connectivity index (χ0v) is 8.70. The molecule has 6 heteroatoms. The van der Waals surface area contributed by atoms with Crippen LogP contribution in [0, 0.1) is 12.7 Å². The molecule has 1 aromatic carbocycles. The first kappa shape index (κ1) is 11.4. The zero-order chi connectivity index (χ0) is 10.8. The van der Waals surface area contributed by atoms with Crippen molar-refractivity contribution in [1.29, 1.82) is 0 Å². The van der Waals surface area contributed by atoms with Crippen molar-refractivity contribution >= 4 is 21.6 Å². The fourth-order valence-electron chi connectivity index (χ4n) is 0.895. The predicted octanol–water partition coefficient (Wildman–Crippen LogP) is 1.59. The van der Waals surface area contributed by atoms with E-state index in [1.165, 1.54) is 6.07 Å². The van der Waals surface area contributed by atoms with Crippen LogP contribution in [0.3, 0.4) is 0 Å². The number of sulfonamides is 1. The van der Waals surface area contributed by atoms with Gasteiger partial charge in [-0.3, -0.25) is 0 Å². The lowest BCUT2D eigenvalue weighted by Gasteiger charge is -2.05. The minimum Gasteiger partial charge on any atom is -0.211 e. The number of nitrogens with one attached hydrogen (secondary N) is 1. The summed E-state index contributed by atoms with van der Waals surface area (Å²) in [5.74, 6) is -0.838. The average molecular weight is 237 g/mol. The van der Waals surface area contributed by atoms with Crippen molar-refractivity contribution in [3.8, 4) is 0 Å². The van der Waals surface area contributed by atoms with Crippen LogP contribution in [0.15, 0.2) is 23.1 Å². The highest BCUT2D eigenvalue weighted by molar-refractivity contribution is 7.89. The third-order valence-corrected chi connectivity index (χ3v) is 3.19. The monoisotopic (exact) mass is 236 g/mol. The van der Waals surface area contributed by atoms with Gasteiger partial charge in [0.2, 0.25) is 10.0 Å². The summed E-state index contributed by atoms with van der Waals surface area (Å²) in [6.45, 7) is 3.26. The van der Waals surface area contributed by atoms with Crippen molar-refractivity contribution < 1.29 is 12.8 Å². The van der Waals surface area contributed by atoms with Crippen molar-refractivity contribution in [2.24, 2.45) is 0 Å². The molecular formula is C8H8ClFNO2S. The molecule has 0 aromatic heterocycles. The van der Waals surface area contributed by atoms with Crippen LogP contribution in [0.2, 0.25) is 5.02 Å². The third kappa shape index (κ3) is 2.43. The highest BCUT2D eigenvalue weighted by Gasteiger charge is 2.17. The minimum atomic E-state index is -3.84. The molecule has 1 aromatic rings. The summed E-state index contributed by atoms with van der Waals surface area (Å²) in [4.78, 5) is -0.464. The summed E-state index contributed by atoms with van der Waals surface area (Å²) in [6, 6.07) is 3.33. The van der Waals surface area contributed by atoms with Gasteiger partial charge in [-0.1, -0.05) is 11.6 Å². The molecule has 0 spiro atoms. The van der Waals surface area contributed by atoms with Gasteiger partial charge >= 0.3 is 0 Å². The summed E-state index contributed by atoms with van der Waals surface area (Å²) >= 11 is 5.55. The van der Waals surface area contributed by atoms with Crippen molar-refractivity contribution in [1.82, 2.24) is 4.72 Å². The summed E-state index contributed by atoms with van der Waals surface area (Å²) in [5, 5.41) is 0.163. The first-order chi connectivity index (χ1) is 6.47. The quantitative estimate of drug-likeness (QED) is 0.867. The van der Waals surface area contributed by atoms with Gasteiger partial charge in [-0.05, 0) is 25.1 Å². The lowest BCUT2D eigenvalue weighted by Crippen LogP contribution is -2.24. The van der Waals surface area contributed by atoms with Crippen LogP contribution >= 0.6 is 11.6 Å². The first-order valence-electron chi connectivity index (χ1n) is 3.71. The van der Waals surface area contributed by atoms with Crippen LogP contribution in [-0.2, 0) is 10.0 Å². The third-order valence-electron chi connectivity index (χ3n) is 1.47. The van der Waals surface area contributed by atoms with Gasteiger partial charge in [-0.2, -0.15) is 0 Å². The Bertz CT molecular complexity index is 433. The summed E-state index contributed by atoms with van der Waals surface area (Å²) in [7, 11) is -3.84. The molecule has 14 heavy (non-hydrogen) atoms. The molecule has 0 unspecified atom stereocenters. The summed E-state index contributed by atoms with van der Waals surface area (Å²) in [6.07, 6.45) is 0. The Labute approximate surface area is 86.9 Å². The summed E-state index contributed by atoms with van der Waals surface area (Å²) in [5.41, 5.74) is 0. The van der Waals surface area contributed by atoms with Crippen LogP contribution in [-0.4, -0.2) is 15.0 Å². The van der Waals surface area contributed by atoms with Gasteiger partial charge < -0.3 is 0 Å². The summed E-state index contributed by atoms with van der Waals surface area (Å²) < 4.78 is 37.9. The lowest BCUT2D eigenvalue weighted by molar-refractivity contribution is 0.559. The van der Waals surface area contributed by atoms with Crippen molar-refractivity contribution in [3.63, 3.8) is 0 Å². The van der Waals surface area contributed by atoms with Gasteiger partial charge in [0.1, 0.15) is 10.7 Å². The first-order valence-corrected chi connectivity index (χ1v) is 5.57. The number of hydrogen-bond acceptors (Lipinski definition) is 2. The minimum absolute atomic E-state index is 0.0473. The van der Waals surface area contributed by atoms with Gasteiger partial charge in [0.25, 0.3) is 0 Å². The largest absolute Gasteiger partial charge is 0.243 e. The van der Waals surface area contributed by atoms with E-state index in [0.29, 0.717) is 0 Å². The van der Waals surface area contributed by atoms with E-state index in [0.717, 1.165) is 12.1 Å². The molecule has 0 aliphatic rings. The SMILES string of the molecule is [CH2]CNS(=O)(=O)c1cc(Cl)ccc1F. The molecule has 0 aliphatic heterocycles. The van der Waals surface area contributed by atoms with Gasteiger partial charge in [0.05, 0.1) is 0 Å². The van der Waals surface area contributed by atoms with E-state index in [1.807, 2.05) is 0 Å². The molecule has 1 radical (unpaired) electrons. The van der Waals surface area contributed by atoms with Gasteiger partial charge in [0, 0.05) is 11.6 Å². The molecule has 1 rings (SSSR count). The molecule has 0 heterocycles. The Morgan fingerprint density at radius 2 is 2.14 bits per heavy atom. The molecule has 1 N–H and O–H groups in total. The van der Waals surface area contributed by atoms with Crippen molar-refractivity contribution in [2.75, 3.05) is 6.54 Å². The molecule has 0 amide bonds. The highest BCUT2D eigenvalue weighted by atomic mass is 35.5. The molecule has 0 aliphatic carbocycles. The second kappa shape index (κ2) is 4.25. The average Bonchev–Trinajstić information content (AvgIpc) is 2.09. The Kier molecular flexibility index (Phi) is 3.47. The Morgan fingerprint density at radius 3 is 2.71 bits per heavy atom. The van der Waals surface area contributed by atoms with E-state index < -0.39 is 20.7 Å². The lowest BCUT2D eigenvalue weighted by atomic mass is 10.3. The number of hydrogen-bond donors (Lipinski definition) is 1. The Morgan fingerprint density at radius 1 is 1.50 bits per heavy atom. The van der Waals surface area contributed by atoms with Crippen LogP contribution in [0.25, 0.3) is 0 Å². The second-order valence-electron chi connectivity index (χ2n) is 2.47. The standard InChI is InChI=1S/C8H8ClFNO2S/c1-2-11-14(12,13)8-5-6(9)3-4-7(8)10/h3-5,11H,1-2H2. The molecule has 77 valence electrons. The van der Waals surface area contributed by atoms with E-state index in [2.05, 4.69) is 11.6 Å². The molecule has 0 fully saturated rings. The van der Waals surface area contributed by atoms with Crippen molar-refractivity contribution in [3.05, 3.63) is 36.0 Å². The van der Waals surface area contributed by atoms with Gasteiger partial charge in [0.15, 0.2) is 0 Å². The number of benzene rings is 1. The Hall–Kier alpha value is -0.650. The smallest absolute Gasteiger partial charge is 0.211 e. The molecule has 0 saturated heterocycles.